The number of H-pyrrole nitrogens is 1. The number of amides is 2. The molecule has 0 bridgehead atoms. The summed E-state index contributed by atoms with van der Waals surface area (Å²) >= 11 is 1.50. The summed E-state index contributed by atoms with van der Waals surface area (Å²) in [5, 5.41) is 7.01. The summed E-state index contributed by atoms with van der Waals surface area (Å²) in [6.07, 6.45) is 2.29. The predicted octanol–water partition coefficient (Wildman–Crippen LogP) is 3.34. The topological polar surface area (TPSA) is 85.1 Å². The van der Waals surface area contributed by atoms with Crippen molar-refractivity contribution in [2.75, 3.05) is 17.4 Å². The fraction of sp³-hybridized carbons (Fsp3) is 0.143. The number of anilines is 2. The maximum Gasteiger partial charge on any atom is 0.357 e. The smallest absolute Gasteiger partial charge is 0.357 e. The first-order valence-electron chi connectivity index (χ1n) is 9.04. The number of hydrogen-bond acceptors (Lipinski definition) is 6. The summed E-state index contributed by atoms with van der Waals surface area (Å²) in [7, 11) is 1.63. The number of aromatic amines is 1. The van der Waals surface area contributed by atoms with Crippen molar-refractivity contribution in [3.05, 3.63) is 59.5 Å². The summed E-state index contributed by atoms with van der Waals surface area (Å²) in [4.78, 5) is 28.2. The van der Waals surface area contributed by atoms with Crippen molar-refractivity contribution in [2.45, 2.75) is 12.8 Å². The highest BCUT2D eigenvalue weighted by molar-refractivity contribution is 7.13. The molecule has 2 N–H and O–H groups in total. The van der Waals surface area contributed by atoms with Crippen LogP contribution in [-0.2, 0) is 9.59 Å². The highest BCUT2D eigenvalue weighted by atomic mass is 32.1. The number of nitrogens with one attached hydrogen (secondary N) is 2. The molecule has 1 aliphatic rings. The van der Waals surface area contributed by atoms with Crippen LogP contribution < -0.4 is 20.0 Å². The first-order valence-corrected chi connectivity index (χ1v) is 9.92. The normalized spacial score (nSPS) is 14.0. The number of imide groups is 1. The van der Waals surface area contributed by atoms with E-state index in [0.717, 1.165) is 27.7 Å². The highest BCUT2D eigenvalue weighted by Gasteiger charge is 2.30. The maximum atomic E-state index is 11.9. The Balaban J connectivity index is 1.41. The molecule has 1 fully saturated rings. The number of hydrazone groups is 1. The molecule has 0 atom stereocenters. The number of thiazole rings is 1. The lowest BCUT2D eigenvalue weighted by Crippen LogP contribution is -2.28. The fourth-order valence-electron chi connectivity index (χ4n) is 3.00. The lowest BCUT2D eigenvalue weighted by Gasteiger charge is -2.13. The molecule has 1 aliphatic heterocycles. The van der Waals surface area contributed by atoms with Gasteiger partial charge in [-0.05, 0) is 54.1 Å². The first-order chi connectivity index (χ1) is 14.1. The molecule has 0 radical (unpaired) electrons. The number of nitrogens with zero attached hydrogens (tertiary/aromatic N) is 2. The number of benzene rings is 2. The van der Waals surface area contributed by atoms with E-state index in [2.05, 4.69) is 15.5 Å². The van der Waals surface area contributed by atoms with Crippen LogP contribution in [0.25, 0.3) is 11.3 Å². The van der Waals surface area contributed by atoms with Gasteiger partial charge in [-0.15, -0.1) is 5.43 Å². The van der Waals surface area contributed by atoms with Crippen molar-refractivity contribution in [1.29, 1.82) is 0 Å². The largest absolute Gasteiger partial charge is 0.497 e. The Hall–Kier alpha value is -3.52. The van der Waals surface area contributed by atoms with Crippen LogP contribution in [0.15, 0.2) is 59.0 Å². The number of ether oxygens (including phenoxy) is 1. The van der Waals surface area contributed by atoms with E-state index in [-0.39, 0.29) is 24.7 Å². The second-order valence-electron chi connectivity index (χ2n) is 6.42. The SMILES string of the molecule is COc1ccc(C=NNc2[nH+]c(-c3ccc(N4C(=O)CCC4=O)cc3)cs2)cc1. The summed E-state index contributed by atoms with van der Waals surface area (Å²) in [5.74, 6) is 0.507. The van der Waals surface area contributed by atoms with Gasteiger partial charge >= 0.3 is 5.13 Å². The van der Waals surface area contributed by atoms with E-state index in [1.54, 1.807) is 25.5 Å². The molecule has 2 amide bonds. The van der Waals surface area contributed by atoms with Gasteiger partial charge in [0.1, 0.15) is 11.4 Å². The van der Waals surface area contributed by atoms with Gasteiger partial charge in [-0.25, -0.2) is 4.98 Å². The second kappa shape index (κ2) is 8.24. The van der Waals surface area contributed by atoms with Gasteiger partial charge < -0.3 is 4.74 Å². The van der Waals surface area contributed by atoms with Crippen LogP contribution in [0.3, 0.4) is 0 Å². The first kappa shape index (κ1) is 18.8. The third-order valence-corrected chi connectivity index (χ3v) is 5.31. The third kappa shape index (κ3) is 4.17. The maximum absolute atomic E-state index is 11.9. The predicted molar refractivity (Wildman–Crippen MR) is 112 cm³/mol. The minimum atomic E-state index is -0.147. The second-order valence-corrected chi connectivity index (χ2v) is 7.30. The molecule has 146 valence electrons. The molecule has 1 saturated heterocycles. The fourth-order valence-corrected chi connectivity index (χ4v) is 3.71. The van der Waals surface area contributed by atoms with Crippen LogP contribution in [0.5, 0.6) is 5.75 Å². The van der Waals surface area contributed by atoms with E-state index < -0.39 is 0 Å². The Labute approximate surface area is 171 Å². The molecule has 1 aromatic heterocycles. The molecule has 0 spiro atoms. The molecule has 29 heavy (non-hydrogen) atoms. The van der Waals surface area contributed by atoms with Gasteiger partial charge in [0.2, 0.25) is 11.8 Å². The lowest BCUT2D eigenvalue weighted by atomic mass is 10.1. The van der Waals surface area contributed by atoms with Gasteiger partial charge in [0.15, 0.2) is 0 Å². The van der Waals surface area contributed by atoms with Crippen molar-refractivity contribution in [2.24, 2.45) is 5.10 Å². The quantitative estimate of drug-likeness (QED) is 0.386. The highest BCUT2D eigenvalue weighted by Crippen LogP contribution is 2.26. The number of methoxy groups -OCH3 is 1. The molecule has 8 heteroatoms. The number of hydrogen-bond donors (Lipinski definition) is 1. The van der Waals surface area contributed by atoms with Crippen molar-refractivity contribution in [3.63, 3.8) is 0 Å². The summed E-state index contributed by atoms with van der Waals surface area (Å²) in [6.45, 7) is 0. The van der Waals surface area contributed by atoms with E-state index in [0.29, 0.717) is 5.69 Å². The molecule has 0 aliphatic carbocycles. The monoisotopic (exact) mass is 407 g/mol. The molecule has 4 rings (SSSR count). The molecule has 2 heterocycles. The molecule has 7 nitrogen and oxygen atoms in total. The number of carbonyl (C=O) groups is 2. The van der Waals surface area contributed by atoms with Gasteiger partial charge in [-0.2, -0.15) is 0 Å². The van der Waals surface area contributed by atoms with E-state index in [1.807, 2.05) is 41.8 Å². The van der Waals surface area contributed by atoms with Gasteiger partial charge in [0, 0.05) is 23.8 Å². The minimum Gasteiger partial charge on any atom is -0.497 e. The molecule has 3 aromatic rings. The molecular formula is C21H19N4O3S+. The van der Waals surface area contributed by atoms with Crippen LogP contribution in [0.4, 0.5) is 10.8 Å². The zero-order valence-corrected chi connectivity index (χ0v) is 16.5. The Morgan fingerprint density at radius 2 is 1.76 bits per heavy atom. The Morgan fingerprint density at radius 3 is 2.41 bits per heavy atom. The number of aromatic nitrogens is 1. The van der Waals surface area contributed by atoms with Crippen molar-refractivity contribution in [1.82, 2.24) is 0 Å². The minimum absolute atomic E-state index is 0.147. The van der Waals surface area contributed by atoms with Crippen molar-refractivity contribution in [3.8, 4) is 17.0 Å². The van der Waals surface area contributed by atoms with Crippen LogP contribution in [0, 0.1) is 0 Å². The number of carbonyl (C=O) groups excluding carboxylic acids is 2. The van der Waals surface area contributed by atoms with E-state index in [1.165, 1.54) is 16.2 Å². The van der Waals surface area contributed by atoms with E-state index >= 15 is 0 Å². The summed E-state index contributed by atoms with van der Waals surface area (Å²) < 4.78 is 5.14. The van der Waals surface area contributed by atoms with Gasteiger partial charge in [0.25, 0.3) is 0 Å². The third-order valence-electron chi connectivity index (χ3n) is 4.53. The van der Waals surface area contributed by atoms with Crippen LogP contribution >= 0.6 is 11.3 Å². The lowest BCUT2D eigenvalue weighted by molar-refractivity contribution is -0.341. The summed E-state index contributed by atoms with van der Waals surface area (Å²) in [5.41, 5.74) is 6.42. The van der Waals surface area contributed by atoms with Crippen molar-refractivity contribution < 1.29 is 19.3 Å². The van der Waals surface area contributed by atoms with Gasteiger partial charge in [0.05, 0.1) is 19.0 Å². The summed E-state index contributed by atoms with van der Waals surface area (Å²) in [6, 6.07) is 14.9. The molecule has 0 saturated carbocycles. The van der Waals surface area contributed by atoms with Crippen LogP contribution in [0.1, 0.15) is 18.4 Å². The molecule has 2 aromatic carbocycles. The van der Waals surface area contributed by atoms with E-state index in [4.69, 9.17) is 4.74 Å². The average Bonchev–Trinajstić information content (AvgIpc) is 3.35. The van der Waals surface area contributed by atoms with E-state index in [9.17, 15) is 9.59 Å². The Morgan fingerprint density at radius 1 is 1.07 bits per heavy atom. The zero-order chi connectivity index (χ0) is 20.2. The van der Waals surface area contributed by atoms with Crippen molar-refractivity contribution >= 4 is 40.2 Å². The van der Waals surface area contributed by atoms with Crippen LogP contribution in [0.2, 0.25) is 0 Å². The molecule has 0 unspecified atom stereocenters. The number of rotatable bonds is 6. The Bertz CT molecular complexity index is 1040. The molecular weight excluding hydrogens is 388 g/mol. The van der Waals surface area contributed by atoms with Crippen LogP contribution in [-0.4, -0.2) is 25.1 Å². The Kier molecular flexibility index (Phi) is 5.35. The zero-order valence-electron chi connectivity index (χ0n) is 15.7. The average molecular weight is 407 g/mol. The van der Waals surface area contributed by atoms with Gasteiger partial charge in [-0.1, -0.05) is 16.4 Å². The standard InChI is InChI=1S/C21H18N4O3S/c1-28-17-8-2-14(3-9-17)12-22-24-21-23-18(13-29-21)15-4-6-16(7-5-15)25-19(26)10-11-20(25)27/h2-9,12-13H,10-11H2,1H3,(H,23,24)/p+1. The van der Waals surface area contributed by atoms with Gasteiger partial charge in [-0.3, -0.25) is 14.5 Å².